The maximum absolute atomic E-state index is 12.0. The minimum absolute atomic E-state index is 0.0284. The second-order valence-corrected chi connectivity index (χ2v) is 5.49. The zero-order valence-electron chi connectivity index (χ0n) is 15.4. The molecule has 0 heterocycles. The van der Waals surface area contributed by atoms with Gasteiger partial charge in [0.25, 0.3) is 5.69 Å². The molecule has 10 heteroatoms. The number of hydrogen-bond acceptors (Lipinski definition) is 8. The van der Waals surface area contributed by atoms with E-state index >= 15 is 0 Å². The van der Waals surface area contributed by atoms with Crippen molar-refractivity contribution in [2.45, 2.75) is 6.42 Å². The van der Waals surface area contributed by atoms with E-state index in [1.165, 1.54) is 33.6 Å². The van der Waals surface area contributed by atoms with Crippen molar-refractivity contribution in [2.24, 2.45) is 5.10 Å². The number of benzene rings is 2. The number of nitrogens with one attached hydrogen (secondary N) is 1. The SMILES string of the molecule is COc1ccc(CC(=O)N/N=C\c2cc(OC)c([O-])c([N+](=O)[O-])c2)cc1OC. The van der Waals surface area contributed by atoms with Crippen LogP contribution in [0.5, 0.6) is 23.0 Å². The van der Waals surface area contributed by atoms with Gasteiger partial charge in [-0.3, -0.25) is 14.9 Å². The third-order valence-electron chi connectivity index (χ3n) is 3.69. The zero-order valence-corrected chi connectivity index (χ0v) is 15.4. The van der Waals surface area contributed by atoms with Gasteiger partial charge in [0.1, 0.15) is 5.75 Å². The lowest BCUT2D eigenvalue weighted by Gasteiger charge is -2.12. The molecule has 10 nitrogen and oxygen atoms in total. The molecule has 0 bridgehead atoms. The molecule has 0 fully saturated rings. The van der Waals surface area contributed by atoms with Gasteiger partial charge in [0, 0.05) is 17.4 Å². The standard InChI is InChI=1S/C18H19N3O7/c1-26-14-5-4-11(7-15(14)27-2)9-17(22)20-19-10-12-6-13(21(24)25)18(23)16(8-12)28-3/h4-8,10,23H,9H2,1-3H3,(H,20,22)/p-1/b19-10-. The van der Waals surface area contributed by atoms with E-state index < -0.39 is 22.3 Å². The van der Waals surface area contributed by atoms with Crippen LogP contribution in [0.3, 0.4) is 0 Å². The molecular weight excluding hydrogens is 370 g/mol. The lowest BCUT2D eigenvalue weighted by atomic mass is 10.1. The highest BCUT2D eigenvalue weighted by Gasteiger charge is 2.13. The molecule has 0 radical (unpaired) electrons. The molecule has 0 saturated carbocycles. The van der Waals surface area contributed by atoms with Crippen LogP contribution >= 0.6 is 0 Å². The summed E-state index contributed by atoms with van der Waals surface area (Å²) in [6.45, 7) is 0. The van der Waals surface area contributed by atoms with Crippen LogP contribution < -0.4 is 24.7 Å². The quantitative estimate of drug-likeness (QED) is 0.410. The molecule has 28 heavy (non-hydrogen) atoms. The maximum atomic E-state index is 12.0. The molecule has 0 spiro atoms. The molecule has 0 atom stereocenters. The zero-order chi connectivity index (χ0) is 20.7. The molecular formula is C18H18N3O7-. The minimum Gasteiger partial charge on any atom is -0.865 e. The summed E-state index contributed by atoms with van der Waals surface area (Å²) >= 11 is 0. The van der Waals surface area contributed by atoms with Gasteiger partial charge in [0.2, 0.25) is 5.91 Å². The highest BCUT2D eigenvalue weighted by Crippen LogP contribution is 2.34. The first-order valence-electron chi connectivity index (χ1n) is 7.95. The fraction of sp³-hybridized carbons (Fsp3) is 0.222. The number of methoxy groups -OCH3 is 3. The molecule has 148 valence electrons. The number of nitro benzene ring substituents is 1. The summed E-state index contributed by atoms with van der Waals surface area (Å²) in [4.78, 5) is 22.2. The van der Waals surface area contributed by atoms with Crippen LogP contribution in [0, 0.1) is 10.1 Å². The van der Waals surface area contributed by atoms with Crippen molar-refractivity contribution in [3.05, 3.63) is 51.6 Å². The second kappa shape index (κ2) is 9.21. The van der Waals surface area contributed by atoms with E-state index in [4.69, 9.17) is 14.2 Å². The van der Waals surface area contributed by atoms with Gasteiger partial charge in [-0.15, -0.1) is 0 Å². The van der Waals surface area contributed by atoms with Gasteiger partial charge in [0.05, 0.1) is 38.9 Å². The Hall–Kier alpha value is -3.82. The molecule has 1 amide bonds. The van der Waals surface area contributed by atoms with Crippen molar-refractivity contribution in [3.63, 3.8) is 0 Å². The highest BCUT2D eigenvalue weighted by atomic mass is 16.6. The molecule has 0 aromatic heterocycles. The molecule has 2 aromatic carbocycles. The van der Waals surface area contributed by atoms with E-state index in [-0.39, 0.29) is 17.7 Å². The maximum Gasteiger partial charge on any atom is 0.266 e. The van der Waals surface area contributed by atoms with Crippen LogP contribution in [-0.2, 0) is 11.2 Å². The average Bonchev–Trinajstić information content (AvgIpc) is 2.68. The smallest absolute Gasteiger partial charge is 0.266 e. The summed E-state index contributed by atoms with van der Waals surface area (Å²) in [5.41, 5.74) is 2.59. The monoisotopic (exact) mass is 388 g/mol. The first-order valence-corrected chi connectivity index (χ1v) is 7.95. The molecule has 1 N–H and O–H groups in total. The van der Waals surface area contributed by atoms with Gasteiger partial charge in [-0.1, -0.05) is 6.07 Å². The lowest BCUT2D eigenvalue weighted by Crippen LogP contribution is -2.19. The Bertz CT molecular complexity index is 912. The fourth-order valence-electron chi connectivity index (χ4n) is 2.36. The van der Waals surface area contributed by atoms with Gasteiger partial charge in [-0.05, 0) is 23.8 Å². The minimum atomic E-state index is -0.831. The van der Waals surface area contributed by atoms with Crippen LogP contribution in [0.4, 0.5) is 5.69 Å². The van der Waals surface area contributed by atoms with Crippen LogP contribution in [0.1, 0.15) is 11.1 Å². The fourth-order valence-corrected chi connectivity index (χ4v) is 2.36. The summed E-state index contributed by atoms with van der Waals surface area (Å²) in [5.74, 6) is -0.393. The number of rotatable bonds is 8. The molecule has 0 aliphatic rings. The number of hydrogen-bond donors (Lipinski definition) is 1. The lowest BCUT2D eigenvalue weighted by molar-refractivity contribution is -0.398. The Morgan fingerprint density at radius 3 is 2.39 bits per heavy atom. The summed E-state index contributed by atoms with van der Waals surface area (Å²) in [7, 11) is 4.23. The number of nitro groups is 1. The topological polar surface area (TPSA) is 135 Å². The number of carbonyl (C=O) groups is 1. The van der Waals surface area contributed by atoms with Crippen molar-refractivity contribution in [2.75, 3.05) is 21.3 Å². The predicted octanol–water partition coefficient (Wildman–Crippen LogP) is 1.39. The molecule has 2 aromatic rings. The highest BCUT2D eigenvalue weighted by molar-refractivity contribution is 5.85. The summed E-state index contributed by atoms with van der Waals surface area (Å²) in [6, 6.07) is 7.41. The van der Waals surface area contributed by atoms with Crippen molar-refractivity contribution in [1.82, 2.24) is 5.43 Å². The van der Waals surface area contributed by atoms with E-state index in [1.807, 2.05) is 0 Å². The van der Waals surface area contributed by atoms with Crippen LogP contribution in [-0.4, -0.2) is 38.4 Å². The van der Waals surface area contributed by atoms with E-state index in [0.29, 0.717) is 17.1 Å². The van der Waals surface area contributed by atoms with Crippen molar-refractivity contribution in [1.29, 1.82) is 0 Å². The Morgan fingerprint density at radius 1 is 1.11 bits per heavy atom. The van der Waals surface area contributed by atoms with E-state index in [9.17, 15) is 20.0 Å². The third-order valence-corrected chi connectivity index (χ3v) is 3.69. The summed E-state index contributed by atoms with van der Waals surface area (Å²) in [6.07, 6.45) is 1.21. The van der Waals surface area contributed by atoms with Crippen molar-refractivity contribution in [3.8, 4) is 23.0 Å². The van der Waals surface area contributed by atoms with Crippen LogP contribution in [0.2, 0.25) is 0 Å². The molecule has 2 rings (SSSR count). The summed E-state index contributed by atoms with van der Waals surface area (Å²) < 4.78 is 15.2. The number of ether oxygens (including phenoxy) is 3. The van der Waals surface area contributed by atoms with Gasteiger partial charge < -0.3 is 19.3 Å². The Morgan fingerprint density at radius 2 is 1.79 bits per heavy atom. The number of nitrogens with zero attached hydrogens (tertiary/aromatic N) is 2. The molecule has 0 aliphatic carbocycles. The molecule has 0 unspecified atom stereocenters. The van der Waals surface area contributed by atoms with Crippen molar-refractivity contribution < 1.29 is 29.0 Å². The normalized spacial score (nSPS) is 10.5. The van der Waals surface area contributed by atoms with Crippen molar-refractivity contribution >= 4 is 17.8 Å². The predicted molar refractivity (Wildman–Crippen MR) is 98.1 cm³/mol. The van der Waals surface area contributed by atoms with E-state index in [0.717, 1.165) is 6.07 Å². The number of carbonyl (C=O) groups excluding carboxylic acids is 1. The first-order chi connectivity index (χ1) is 13.4. The van der Waals surface area contributed by atoms with E-state index in [2.05, 4.69) is 10.5 Å². The van der Waals surface area contributed by atoms with Gasteiger partial charge in [0.15, 0.2) is 11.5 Å². The second-order valence-electron chi connectivity index (χ2n) is 5.49. The Balaban J connectivity index is 2.07. The van der Waals surface area contributed by atoms with Gasteiger partial charge in [-0.25, -0.2) is 5.43 Å². The Kier molecular flexibility index (Phi) is 6.74. The largest absolute Gasteiger partial charge is 0.865 e. The number of amides is 1. The molecule has 0 aliphatic heterocycles. The molecule has 0 saturated heterocycles. The number of hydrazone groups is 1. The third kappa shape index (κ3) is 4.87. The van der Waals surface area contributed by atoms with E-state index in [1.54, 1.807) is 18.2 Å². The summed E-state index contributed by atoms with van der Waals surface area (Å²) in [5, 5.41) is 26.5. The Labute approximate surface area is 160 Å². The first kappa shape index (κ1) is 20.5. The van der Waals surface area contributed by atoms with Gasteiger partial charge >= 0.3 is 0 Å². The average molecular weight is 388 g/mol. The van der Waals surface area contributed by atoms with Crippen LogP contribution in [0.15, 0.2) is 35.4 Å². The van der Waals surface area contributed by atoms with Gasteiger partial charge in [-0.2, -0.15) is 5.10 Å². The van der Waals surface area contributed by atoms with Crippen LogP contribution in [0.25, 0.3) is 0 Å².